The minimum Gasteiger partial charge on any atom is -0.344 e. The maximum Gasteiger partial charge on any atom is 0.273 e. The van der Waals surface area contributed by atoms with Gasteiger partial charge in [-0.05, 0) is 55.5 Å². The van der Waals surface area contributed by atoms with Gasteiger partial charge in [0.05, 0.1) is 18.3 Å². The van der Waals surface area contributed by atoms with Crippen molar-refractivity contribution in [3.63, 3.8) is 0 Å². The van der Waals surface area contributed by atoms with Crippen molar-refractivity contribution in [2.45, 2.75) is 52.1 Å². The van der Waals surface area contributed by atoms with Crippen LogP contribution in [0.4, 0.5) is 0 Å². The molecule has 1 unspecified atom stereocenters. The van der Waals surface area contributed by atoms with E-state index in [1.165, 1.54) is 0 Å². The Labute approximate surface area is 165 Å². The molecule has 0 radical (unpaired) electrons. The molecule has 0 saturated carbocycles. The van der Waals surface area contributed by atoms with Gasteiger partial charge in [-0.25, -0.2) is 4.68 Å². The highest BCUT2D eigenvalue weighted by molar-refractivity contribution is 6.30. The number of hydrogen-bond acceptors (Lipinski definition) is 4. The fourth-order valence-electron chi connectivity index (χ4n) is 3.42. The molecule has 1 atom stereocenters. The van der Waals surface area contributed by atoms with Crippen molar-refractivity contribution >= 4 is 17.5 Å². The van der Waals surface area contributed by atoms with E-state index >= 15 is 0 Å². The van der Waals surface area contributed by atoms with E-state index in [9.17, 15) is 4.79 Å². The van der Waals surface area contributed by atoms with Gasteiger partial charge < -0.3 is 10.6 Å². The topological polar surface area (TPSA) is 71.8 Å². The maximum atomic E-state index is 12.8. The highest BCUT2D eigenvalue weighted by Crippen LogP contribution is 2.30. The Morgan fingerprint density at radius 3 is 2.59 bits per heavy atom. The summed E-state index contributed by atoms with van der Waals surface area (Å²) in [6.45, 7) is 8.42. The van der Waals surface area contributed by atoms with Crippen LogP contribution in [-0.2, 0) is 0 Å². The number of nitrogens with zero attached hydrogens (tertiary/aromatic N) is 3. The van der Waals surface area contributed by atoms with E-state index in [4.69, 9.17) is 11.6 Å². The predicted octanol–water partition coefficient (Wildman–Crippen LogP) is 3.76. The summed E-state index contributed by atoms with van der Waals surface area (Å²) in [5.74, 6) is -0.195. The predicted molar refractivity (Wildman–Crippen MR) is 107 cm³/mol. The third-order valence-corrected chi connectivity index (χ3v) is 5.07. The third-order valence-electron chi connectivity index (χ3n) is 4.82. The van der Waals surface area contributed by atoms with Crippen LogP contribution < -0.4 is 10.6 Å². The molecule has 0 bridgehead atoms. The Kier molecular flexibility index (Phi) is 6.17. The molecular formula is C20H28ClN5O. The van der Waals surface area contributed by atoms with Crippen LogP contribution in [0, 0.1) is 5.41 Å². The highest BCUT2D eigenvalue weighted by atomic mass is 35.5. The van der Waals surface area contributed by atoms with Gasteiger partial charge in [0, 0.05) is 5.02 Å². The largest absolute Gasteiger partial charge is 0.344 e. The summed E-state index contributed by atoms with van der Waals surface area (Å²) in [7, 11) is 0. The lowest BCUT2D eigenvalue weighted by molar-refractivity contribution is 0.0921. The molecule has 3 rings (SSSR count). The third kappa shape index (κ3) is 5.53. The summed E-state index contributed by atoms with van der Waals surface area (Å²) < 4.78 is 1.83. The van der Waals surface area contributed by atoms with Crippen LogP contribution >= 0.6 is 11.6 Å². The molecule has 0 aliphatic carbocycles. The van der Waals surface area contributed by atoms with E-state index in [1.54, 1.807) is 6.20 Å². The van der Waals surface area contributed by atoms with Crippen molar-refractivity contribution in [1.29, 1.82) is 0 Å². The first-order chi connectivity index (χ1) is 12.8. The zero-order valence-corrected chi connectivity index (χ0v) is 17.0. The second-order valence-electron chi connectivity index (χ2n) is 8.41. The standard InChI is InChI=1S/C20H28ClN5O/c1-20(2,3)12-17(14-4-6-15(21)7-5-14)23-19(27)18-13-26(25-24-18)16-8-10-22-11-9-16/h4-7,13,16-17,22H,8-12H2,1-3H3,(H,23,27). The number of amides is 1. The molecule has 1 aromatic carbocycles. The van der Waals surface area contributed by atoms with Crippen LogP contribution in [0.2, 0.25) is 5.02 Å². The van der Waals surface area contributed by atoms with Crippen LogP contribution in [0.15, 0.2) is 30.5 Å². The zero-order chi connectivity index (χ0) is 19.4. The first-order valence-electron chi connectivity index (χ1n) is 9.51. The van der Waals surface area contributed by atoms with Crippen molar-refractivity contribution in [3.8, 4) is 0 Å². The van der Waals surface area contributed by atoms with Gasteiger partial charge in [0.25, 0.3) is 5.91 Å². The first-order valence-corrected chi connectivity index (χ1v) is 9.88. The molecule has 6 nitrogen and oxygen atoms in total. The minimum absolute atomic E-state index is 0.0598. The van der Waals surface area contributed by atoms with Crippen molar-refractivity contribution in [2.24, 2.45) is 5.41 Å². The average molecular weight is 390 g/mol. The molecule has 0 spiro atoms. The number of piperidine rings is 1. The Bertz CT molecular complexity index is 759. The fourth-order valence-corrected chi connectivity index (χ4v) is 3.55. The first kappa shape index (κ1) is 19.8. The van der Waals surface area contributed by atoms with Crippen LogP contribution in [0.25, 0.3) is 0 Å². The molecular weight excluding hydrogens is 362 g/mol. The molecule has 1 fully saturated rings. The quantitative estimate of drug-likeness (QED) is 0.816. The minimum atomic E-state index is -0.195. The number of nitrogens with one attached hydrogen (secondary N) is 2. The van der Waals surface area contributed by atoms with Crippen LogP contribution in [0.3, 0.4) is 0 Å². The van der Waals surface area contributed by atoms with Gasteiger partial charge in [-0.1, -0.05) is 49.7 Å². The van der Waals surface area contributed by atoms with Crippen molar-refractivity contribution in [1.82, 2.24) is 25.6 Å². The fraction of sp³-hybridized carbons (Fsp3) is 0.550. The highest BCUT2D eigenvalue weighted by Gasteiger charge is 2.24. The average Bonchev–Trinajstić information content (AvgIpc) is 3.12. The molecule has 1 aliphatic rings. The lowest BCUT2D eigenvalue weighted by Crippen LogP contribution is -2.31. The number of hydrogen-bond donors (Lipinski definition) is 2. The van der Waals surface area contributed by atoms with Crippen LogP contribution in [0.5, 0.6) is 0 Å². The number of benzene rings is 1. The molecule has 2 aromatic rings. The molecule has 7 heteroatoms. The Balaban J connectivity index is 1.73. The second kappa shape index (κ2) is 8.40. The maximum absolute atomic E-state index is 12.8. The van der Waals surface area contributed by atoms with Gasteiger partial charge in [-0.15, -0.1) is 5.10 Å². The van der Waals surface area contributed by atoms with Crippen molar-refractivity contribution in [3.05, 3.63) is 46.7 Å². The van der Waals surface area contributed by atoms with E-state index in [1.807, 2.05) is 28.9 Å². The lowest BCUT2D eigenvalue weighted by Gasteiger charge is -2.27. The molecule has 1 amide bonds. The summed E-state index contributed by atoms with van der Waals surface area (Å²) in [4.78, 5) is 12.8. The van der Waals surface area contributed by atoms with Gasteiger partial charge in [-0.3, -0.25) is 4.79 Å². The van der Waals surface area contributed by atoms with E-state index in [-0.39, 0.29) is 17.4 Å². The molecule has 2 N–H and O–H groups in total. The molecule has 2 heterocycles. The van der Waals surface area contributed by atoms with Gasteiger partial charge in [0.15, 0.2) is 5.69 Å². The number of rotatable bonds is 5. The van der Waals surface area contributed by atoms with Crippen LogP contribution in [0.1, 0.15) is 68.2 Å². The van der Waals surface area contributed by atoms with Gasteiger partial charge in [0.1, 0.15) is 0 Å². The summed E-state index contributed by atoms with van der Waals surface area (Å²) in [6, 6.07) is 7.83. The van der Waals surface area contributed by atoms with Crippen molar-refractivity contribution in [2.75, 3.05) is 13.1 Å². The monoisotopic (exact) mass is 389 g/mol. The SMILES string of the molecule is CC(C)(C)CC(NC(=O)c1cn(C2CCNCC2)nn1)c1ccc(Cl)cc1. The number of carbonyl (C=O) groups is 1. The summed E-state index contributed by atoms with van der Waals surface area (Å²) >= 11 is 6.01. The summed E-state index contributed by atoms with van der Waals surface area (Å²) in [5, 5.41) is 15.4. The zero-order valence-electron chi connectivity index (χ0n) is 16.2. The molecule has 27 heavy (non-hydrogen) atoms. The Hall–Kier alpha value is -1.92. The van der Waals surface area contributed by atoms with Gasteiger partial charge in [0.2, 0.25) is 0 Å². The van der Waals surface area contributed by atoms with Crippen LogP contribution in [-0.4, -0.2) is 34.0 Å². The smallest absolute Gasteiger partial charge is 0.273 e. The molecule has 1 aromatic heterocycles. The normalized spacial score (nSPS) is 16.9. The second-order valence-corrected chi connectivity index (χ2v) is 8.84. The van der Waals surface area contributed by atoms with E-state index in [0.717, 1.165) is 37.9 Å². The van der Waals surface area contributed by atoms with E-state index in [2.05, 4.69) is 41.7 Å². The van der Waals surface area contributed by atoms with Gasteiger partial charge >= 0.3 is 0 Å². The molecule has 146 valence electrons. The van der Waals surface area contributed by atoms with Crippen molar-refractivity contribution < 1.29 is 4.79 Å². The summed E-state index contributed by atoms with van der Waals surface area (Å²) in [5.41, 5.74) is 1.46. The molecule has 1 saturated heterocycles. The number of aromatic nitrogens is 3. The summed E-state index contributed by atoms with van der Waals surface area (Å²) in [6.07, 6.45) is 4.58. The van der Waals surface area contributed by atoms with E-state index in [0.29, 0.717) is 16.8 Å². The van der Waals surface area contributed by atoms with E-state index < -0.39 is 0 Å². The Morgan fingerprint density at radius 1 is 1.30 bits per heavy atom. The number of carbonyl (C=O) groups excluding carboxylic acids is 1. The lowest BCUT2D eigenvalue weighted by atomic mass is 9.85. The number of halogens is 1. The Morgan fingerprint density at radius 2 is 1.96 bits per heavy atom. The van der Waals surface area contributed by atoms with Gasteiger partial charge in [-0.2, -0.15) is 0 Å². The molecule has 1 aliphatic heterocycles.